The van der Waals surface area contributed by atoms with Gasteiger partial charge in [0.15, 0.2) is 0 Å². The third-order valence-electron chi connectivity index (χ3n) is 7.92. The summed E-state index contributed by atoms with van der Waals surface area (Å²) in [6.45, 7) is 3.70. The second-order valence-corrected chi connectivity index (χ2v) is 11.6. The summed E-state index contributed by atoms with van der Waals surface area (Å²) in [4.78, 5) is 43.0. The van der Waals surface area contributed by atoms with Gasteiger partial charge in [0.2, 0.25) is 0 Å². The lowest BCUT2D eigenvalue weighted by molar-refractivity contribution is -0.127. The minimum absolute atomic E-state index is 0.0236. The molecule has 0 aliphatic carbocycles. The van der Waals surface area contributed by atoms with Crippen LogP contribution >= 0.6 is 11.8 Å². The highest BCUT2D eigenvalue weighted by molar-refractivity contribution is 8.04. The Labute approximate surface area is 237 Å². The van der Waals surface area contributed by atoms with E-state index in [1.165, 1.54) is 11.8 Å². The molecule has 2 aromatic rings. The number of hydrogen-bond donors (Lipinski definition) is 3. The van der Waals surface area contributed by atoms with Gasteiger partial charge in [0.25, 0.3) is 11.8 Å². The largest absolute Gasteiger partial charge is 0.457 e. The van der Waals surface area contributed by atoms with E-state index in [1.807, 2.05) is 60.4 Å². The second kappa shape index (κ2) is 10.9. The van der Waals surface area contributed by atoms with E-state index in [0.29, 0.717) is 29.4 Å². The molecule has 4 atom stereocenters. The normalized spacial score (nSPS) is 25.6. The van der Waals surface area contributed by atoms with Crippen molar-refractivity contribution in [2.75, 3.05) is 24.5 Å². The van der Waals surface area contributed by atoms with E-state index < -0.39 is 0 Å². The average Bonchev–Trinajstić information content (AvgIpc) is 3.33. The van der Waals surface area contributed by atoms with Crippen LogP contribution in [0.5, 0.6) is 11.5 Å². The first-order chi connectivity index (χ1) is 19.4. The second-order valence-electron chi connectivity index (χ2n) is 10.5. The quantitative estimate of drug-likeness (QED) is 0.488. The number of hydrogen-bond acceptors (Lipinski definition) is 6. The molecule has 2 aromatic carbocycles. The Balaban J connectivity index is 1.22. The Hall–Kier alpha value is -3.94. The molecule has 3 fully saturated rings. The summed E-state index contributed by atoms with van der Waals surface area (Å²) >= 11 is 1.47. The van der Waals surface area contributed by atoms with Crippen molar-refractivity contribution in [3.05, 3.63) is 64.7 Å². The fourth-order valence-electron chi connectivity index (χ4n) is 6.11. The highest BCUT2D eigenvalue weighted by Crippen LogP contribution is 2.48. The van der Waals surface area contributed by atoms with Gasteiger partial charge >= 0.3 is 6.03 Å². The van der Waals surface area contributed by atoms with Crippen LogP contribution in [0, 0.1) is 25.2 Å². The van der Waals surface area contributed by atoms with Crippen LogP contribution in [-0.4, -0.2) is 59.8 Å². The molecule has 40 heavy (non-hydrogen) atoms. The zero-order chi connectivity index (χ0) is 27.8. The van der Waals surface area contributed by atoms with Crippen molar-refractivity contribution in [3.8, 4) is 23.8 Å². The average molecular weight is 558 g/mol. The van der Waals surface area contributed by atoms with Gasteiger partial charge in [0.05, 0.1) is 16.3 Å². The lowest BCUT2D eigenvalue weighted by atomic mass is 9.86. The molecule has 4 amide bonds. The SMILES string of the molecule is C#CC(=O)N1CCC[C@@H](NC(=O)C2=C3NC(=O)N(c4ccc(Oc5ccccc5)cc4C)C4CCNC(S2)C34)C1. The van der Waals surface area contributed by atoms with Crippen LogP contribution < -0.4 is 25.6 Å². The lowest BCUT2D eigenvalue weighted by Crippen LogP contribution is -2.62. The number of benzene rings is 2. The summed E-state index contributed by atoms with van der Waals surface area (Å²) in [5.41, 5.74) is 2.43. The number of piperidine rings is 2. The Kier molecular flexibility index (Phi) is 7.17. The molecule has 206 valence electrons. The molecule has 0 spiro atoms. The Morgan fingerprint density at radius 3 is 2.75 bits per heavy atom. The van der Waals surface area contributed by atoms with Gasteiger partial charge < -0.3 is 25.6 Å². The zero-order valence-electron chi connectivity index (χ0n) is 22.2. The lowest BCUT2D eigenvalue weighted by Gasteiger charge is -2.46. The van der Waals surface area contributed by atoms with Gasteiger partial charge in [-0.2, -0.15) is 0 Å². The number of nitrogens with zero attached hydrogens (tertiary/aromatic N) is 2. The third-order valence-corrected chi connectivity index (χ3v) is 9.28. The van der Waals surface area contributed by atoms with Crippen LogP contribution in [0.15, 0.2) is 59.1 Å². The molecule has 4 heterocycles. The van der Waals surface area contributed by atoms with E-state index in [9.17, 15) is 14.4 Å². The minimum Gasteiger partial charge on any atom is -0.457 e. The fourth-order valence-corrected chi connectivity index (χ4v) is 7.51. The highest BCUT2D eigenvalue weighted by Gasteiger charge is 2.52. The number of aryl methyl sites for hydroxylation is 1. The highest BCUT2D eigenvalue weighted by atomic mass is 32.2. The van der Waals surface area contributed by atoms with Crippen LogP contribution in [0.1, 0.15) is 24.8 Å². The molecule has 3 N–H and O–H groups in total. The number of para-hydroxylation sites is 1. The van der Waals surface area contributed by atoms with Gasteiger partial charge in [0.1, 0.15) is 11.5 Å². The maximum Gasteiger partial charge on any atom is 0.326 e. The number of carbonyl (C=O) groups excluding carboxylic acids is 3. The van der Waals surface area contributed by atoms with E-state index >= 15 is 0 Å². The maximum absolute atomic E-state index is 13.6. The Bertz CT molecular complexity index is 1420. The van der Waals surface area contributed by atoms with Gasteiger partial charge in [-0.1, -0.05) is 30.0 Å². The standard InChI is InChI=1S/C30H31N5O4S/c1-3-24(36)34-15-7-8-19(17-34)32-28(37)27-26-25-23(13-14-31-29(25)40-27)35(30(38)33-26)22-12-11-21(16-18(22)2)39-20-9-5-4-6-10-20/h1,4-6,9-12,16,19,23,25,29,31H,7-8,13-15,17H2,2H3,(H,32,37)(H,33,38)/t19-,23?,25?,29?/m1/s1. The number of ether oxygens (including phenoxy) is 1. The summed E-state index contributed by atoms with van der Waals surface area (Å²) in [7, 11) is 0. The molecular formula is C30H31N5O4S. The fraction of sp³-hybridized carbons (Fsp3) is 0.367. The molecule has 0 aromatic heterocycles. The van der Waals surface area contributed by atoms with E-state index in [2.05, 4.69) is 21.9 Å². The summed E-state index contributed by atoms with van der Waals surface area (Å²) < 4.78 is 5.99. The van der Waals surface area contributed by atoms with Crippen LogP contribution in [-0.2, 0) is 9.59 Å². The molecular weight excluding hydrogens is 526 g/mol. The molecule has 6 rings (SSSR count). The molecule has 0 bridgehead atoms. The van der Waals surface area contributed by atoms with Gasteiger partial charge in [0, 0.05) is 36.4 Å². The number of nitrogens with one attached hydrogen (secondary N) is 3. The molecule has 0 radical (unpaired) electrons. The molecule has 4 aliphatic rings. The molecule has 0 saturated carbocycles. The molecule has 4 aliphatic heterocycles. The smallest absolute Gasteiger partial charge is 0.326 e. The number of amides is 4. The first-order valence-electron chi connectivity index (χ1n) is 13.6. The van der Waals surface area contributed by atoms with Crippen LogP contribution in [0.4, 0.5) is 10.5 Å². The number of anilines is 1. The van der Waals surface area contributed by atoms with E-state index in [-0.39, 0.29) is 41.2 Å². The maximum atomic E-state index is 13.6. The monoisotopic (exact) mass is 557 g/mol. The van der Waals surface area contributed by atoms with Crippen molar-refractivity contribution in [1.82, 2.24) is 20.9 Å². The number of likely N-dealkylation sites (tertiary alicyclic amines) is 1. The molecule has 3 saturated heterocycles. The van der Waals surface area contributed by atoms with Crippen molar-refractivity contribution < 1.29 is 19.1 Å². The minimum atomic E-state index is -0.358. The van der Waals surface area contributed by atoms with Crippen molar-refractivity contribution in [2.45, 2.75) is 43.6 Å². The summed E-state index contributed by atoms with van der Waals surface area (Å²) in [5.74, 6) is 2.98. The third kappa shape index (κ3) is 4.91. The van der Waals surface area contributed by atoms with Crippen LogP contribution in [0.2, 0.25) is 0 Å². The van der Waals surface area contributed by atoms with Crippen molar-refractivity contribution in [3.63, 3.8) is 0 Å². The summed E-state index contributed by atoms with van der Waals surface area (Å²) in [5, 5.41) is 9.66. The van der Waals surface area contributed by atoms with E-state index in [0.717, 1.165) is 42.8 Å². The number of terminal acetylenes is 1. The van der Waals surface area contributed by atoms with Crippen LogP contribution in [0.3, 0.4) is 0 Å². The summed E-state index contributed by atoms with van der Waals surface area (Å²) in [6, 6.07) is 14.8. The number of rotatable bonds is 5. The van der Waals surface area contributed by atoms with Crippen LogP contribution in [0.25, 0.3) is 0 Å². The van der Waals surface area contributed by atoms with Gasteiger partial charge in [-0.25, -0.2) is 4.79 Å². The van der Waals surface area contributed by atoms with Gasteiger partial charge in [-0.15, -0.1) is 6.42 Å². The van der Waals surface area contributed by atoms with Crippen molar-refractivity contribution in [2.24, 2.45) is 5.92 Å². The zero-order valence-corrected chi connectivity index (χ0v) is 23.0. The van der Waals surface area contributed by atoms with Gasteiger partial charge in [-0.05, 0) is 74.5 Å². The number of urea groups is 1. The van der Waals surface area contributed by atoms with Crippen molar-refractivity contribution in [1.29, 1.82) is 0 Å². The molecule has 10 heteroatoms. The van der Waals surface area contributed by atoms with E-state index in [1.54, 1.807) is 4.90 Å². The summed E-state index contributed by atoms with van der Waals surface area (Å²) in [6.07, 6.45) is 7.59. The topological polar surface area (TPSA) is 103 Å². The van der Waals surface area contributed by atoms with E-state index in [4.69, 9.17) is 11.2 Å². The number of thioether (sulfide) groups is 1. The number of carbonyl (C=O) groups is 3. The predicted molar refractivity (Wildman–Crippen MR) is 154 cm³/mol. The van der Waals surface area contributed by atoms with Crippen molar-refractivity contribution >= 4 is 35.3 Å². The van der Waals surface area contributed by atoms with Gasteiger partial charge in [-0.3, -0.25) is 14.5 Å². The molecule has 3 unspecified atom stereocenters. The Morgan fingerprint density at radius 1 is 1.15 bits per heavy atom. The first kappa shape index (κ1) is 26.3. The molecule has 9 nitrogen and oxygen atoms in total. The Morgan fingerprint density at radius 2 is 1.98 bits per heavy atom. The first-order valence-corrected chi connectivity index (χ1v) is 14.4. The predicted octanol–water partition coefficient (Wildman–Crippen LogP) is 3.32.